The van der Waals surface area contributed by atoms with Crippen LogP contribution in [0.3, 0.4) is 0 Å². The van der Waals surface area contributed by atoms with Crippen LogP contribution in [-0.2, 0) is 44.8 Å². The fraction of sp³-hybridized carbons (Fsp3) is 0.0270. The van der Waals surface area contributed by atoms with E-state index in [4.69, 9.17) is 61.7 Å². The summed E-state index contributed by atoms with van der Waals surface area (Å²) in [5.41, 5.74) is 0. The molecule has 481 valence electrons. The Hall–Kier alpha value is -5.06. The molecule has 0 spiro atoms. The van der Waals surface area contributed by atoms with Gasteiger partial charge in [-0.25, -0.2) is 0 Å². The summed E-state index contributed by atoms with van der Waals surface area (Å²) in [7, 11) is -6.58. The van der Waals surface area contributed by atoms with Crippen LogP contribution in [0.1, 0.15) is 0 Å². The fourth-order valence-corrected chi connectivity index (χ4v) is 27.7. The molecule has 12 aromatic rings. The number of rotatable bonds is 18. The largest absolute Gasteiger partial charge is 1.00 e. The number of halogens is 4. The van der Waals surface area contributed by atoms with Crippen LogP contribution in [0.2, 0.25) is 0 Å². The Morgan fingerprint density at radius 1 is 0.226 bits per heavy atom. The molecule has 0 heterocycles. The minimum atomic E-state index is -1.75. The molecule has 0 aliphatic carbocycles. The molecule has 0 aromatic heterocycles. The Morgan fingerprint density at radius 3 is 0.355 bits per heavy atom. The number of hydrogen-bond acceptors (Lipinski definition) is 6. The number of hydrogen-bond donors (Lipinski definition) is 3. The van der Waals surface area contributed by atoms with Crippen LogP contribution < -0.4 is 78.2 Å². The van der Waals surface area contributed by atoms with Gasteiger partial charge in [-0.15, -0.1) is 46.4 Å². The van der Waals surface area contributed by atoms with E-state index in [2.05, 4.69) is 379 Å². The zero-order valence-corrected chi connectivity index (χ0v) is 62.3. The maximum absolute atomic E-state index is 8.25. The molecule has 0 aliphatic rings. The standard InChI is InChI=1S/3C24H21NP2.2CH2Cl2.2Ag.NO3/c3*1-5-13-21(14-6-1)26(22-15-7-2-8-16-22)25-27(23-17-9-3-10-18-23)24-19-11-4-12-20-24;2*2-1-3;;;2-1(3)4/h3*1-20,25H;2*1H2;;;/q;;;;;;+1;-1/p+6. The first-order chi connectivity index (χ1) is 44.8. The van der Waals surface area contributed by atoms with Crippen LogP contribution in [0.4, 0.5) is 0 Å². The van der Waals surface area contributed by atoms with E-state index < -0.39 is 53.5 Å². The molecule has 0 unspecified atom stereocenters. The predicted molar refractivity (Wildman–Crippen MR) is 416 cm³/mol. The molecular weight excluding hydrogens is 1540 g/mol. The van der Waals surface area contributed by atoms with Crippen molar-refractivity contribution in [3.05, 3.63) is 379 Å². The van der Waals surface area contributed by atoms with Gasteiger partial charge in [0.1, 0.15) is 63.7 Å². The average Bonchev–Trinajstić information content (AvgIpc) is 1.71. The van der Waals surface area contributed by atoms with Crippen LogP contribution in [0.15, 0.2) is 364 Å². The van der Waals surface area contributed by atoms with E-state index in [1.807, 2.05) is 0 Å². The summed E-state index contributed by atoms with van der Waals surface area (Å²) in [6.45, 7) is 0. The van der Waals surface area contributed by atoms with Gasteiger partial charge < -0.3 is 15.3 Å². The SMILES string of the molecule is ClCCl.ClCCl.O=[N+]([O-])[O-].[Ag+].[Ag].c1ccc([PH+](N[PH+](c2ccccc2)c2ccccc2)c2ccccc2)cc1.c1ccc([PH+](N[PH+](c2ccccc2)c2ccccc2)c2ccccc2)cc1.c1ccc([PH+](N[PH+](c2ccccc2)c2ccccc2)c2ccccc2)cc1. The monoisotopic (exact) mass is 1610 g/mol. The van der Waals surface area contributed by atoms with E-state index in [-0.39, 0.29) is 55.4 Å². The predicted octanol–water partition coefficient (Wildman–Crippen LogP) is 15.0. The van der Waals surface area contributed by atoms with Gasteiger partial charge in [-0.05, 0) is 146 Å². The van der Waals surface area contributed by atoms with Crippen molar-refractivity contribution >= 4 is 158 Å². The van der Waals surface area contributed by atoms with Crippen molar-refractivity contribution in [2.24, 2.45) is 0 Å². The first-order valence-corrected chi connectivity index (χ1v) is 40.2. The molecular formula is C74H73Ag2Cl4N4O3P6+6. The van der Waals surface area contributed by atoms with Crippen molar-refractivity contribution in [2.45, 2.75) is 0 Å². The van der Waals surface area contributed by atoms with Crippen LogP contribution in [0.25, 0.3) is 0 Å². The van der Waals surface area contributed by atoms with Gasteiger partial charge in [0.15, 0.2) is 48.4 Å². The molecule has 12 rings (SSSR count). The third kappa shape index (κ3) is 27.5. The number of nitrogens with zero attached hydrogens (tertiary/aromatic N) is 1. The Balaban J connectivity index is 0.000000233. The summed E-state index contributed by atoms with van der Waals surface area (Å²) < 4.78 is 0. The van der Waals surface area contributed by atoms with E-state index in [1.54, 1.807) is 0 Å². The maximum Gasteiger partial charge on any atom is 1.00 e. The van der Waals surface area contributed by atoms with Crippen molar-refractivity contribution in [2.75, 3.05) is 10.7 Å². The van der Waals surface area contributed by atoms with Gasteiger partial charge in [0, 0.05) is 22.4 Å². The zero-order valence-electron chi connectivity index (χ0n) is 50.3. The molecule has 0 saturated carbocycles. The van der Waals surface area contributed by atoms with Crippen LogP contribution in [-0.4, -0.2) is 15.8 Å². The van der Waals surface area contributed by atoms with Crippen molar-refractivity contribution in [1.82, 2.24) is 14.6 Å². The first-order valence-electron chi connectivity index (χ1n) is 29.0. The molecule has 3 N–H and O–H groups in total. The summed E-state index contributed by atoms with van der Waals surface area (Å²) in [5.74, 6) is 0. The third-order valence-electron chi connectivity index (χ3n) is 13.5. The second-order valence-electron chi connectivity index (χ2n) is 19.4. The van der Waals surface area contributed by atoms with E-state index in [0.717, 1.165) is 0 Å². The van der Waals surface area contributed by atoms with Crippen LogP contribution >= 0.6 is 94.8 Å². The van der Waals surface area contributed by atoms with Gasteiger partial charge in [-0.2, -0.15) is 0 Å². The molecule has 7 nitrogen and oxygen atoms in total. The van der Waals surface area contributed by atoms with Crippen molar-refractivity contribution < 1.29 is 49.8 Å². The summed E-state index contributed by atoms with van der Waals surface area (Å²) >= 11 is 19.1. The second kappa shape index (κ2) is 47.0. The van der Waals surface area contributed by atoms with Crippen molar-refractivity contribution in [1.29, 1.82) is 0 Å². The smallest absolute Gasteiger partial charge is 0.356 e. The number of alkyl halides is 4. The van der Waals surface area contributed by atoms with Crippen molar-refractivity contribution in [3.8, 4) is 0 Å². The molecule has 0 atom stereocenters. The molecule has 1 radical (unpaired) electrons. The minimum Gasteiger partial charge on any atom is -0.356 e. The first kappa shape index (κ1) is 78.6. The minimum absolute atomic E-state index is 0. The molecule has 0 fully saturated rings. The molecule has 0 saturated heterocycles. The second-order valence-corrected chi connectivity index (χ2v) is 35.5. The Kier molecular flexibility index (Phi) is 39.7. The zero-order chi connectivity index (χ0) is 63.9. The molecule has 12 aromatic carbocycles. The van der Waals surface area contributed by atoms with Crippen LogP contribution in [0, 0.1) is 15.3 Å². The van der Waals surface area contributed by atoms with Gasteiger partial charge in [0.25, 0.3) is 0 Å². The van der Waals surface area contributed by atoms with Crippen LogP contribution in [0.5, 0.6) is 0 Å². The number of nitrogens with one attached hydrogen (secondary N) is 3. The summed E-state index contributed by atoms with van der Waals surface area (Å²) in [4.78, 5) is 20.6. The average molecular weight is 1610 g/mol. The summed E-state index contributed by atoms with van der Waals surface area (Å²) in [6.07, 6.45) is 0. The van der Waals surface area contributed by atoms with Crippen molar-refractivity contribution in [3.63, 3.8) is 0 Å². The molecule has 0 aliphatic heterocycles. The fourth-order valence-electron chi connectivity index (χ4n) is 9.50. The molecule has 93 heavy (non-hydrogen) atoms. The van der Waals surface area contributed by atoms with E-state index in [1.165, 1.54) is 63.7 Å². The van der Waals surface area contributed by atoms with Gasteiger partial charge in [-0.3, -0.25) is 0 Å². The molecule has 0 bridgehead atoms. The Labute approximate surface area is 607 Å². The van der Waals surface area contributed by atoms with E-state index in [0.29, 0.717) is 0 Å². The van der Waals surface area contributed by atoms with E-state index in [9.17, 15) is 0 Å². The Bertz CT molecular complexity index is 2950. The van der Waals surface area contributed by atoms with Gasteiger partial charge in [-0.1, -0.05) is 233 Å². The third-order valence-corrected chi connectivity index (χ3v) is 30.4. The quantitative estimate of drug-likeness (QED) is 0.0260. The topological polar surface area (TPSA) is 102 Å². The summed E-state index contributed by atoms with van der Waals surface area (Å²) in [5, 5.41) is 31.8. The molecule has 0 amide bonds. The number of benzene rings is 12. The van der Waals surface area contributed by atoms with E-state index >= 15 is 0 Å². The Morgan fingerprint density at radius 2 is 0.290 bits per heavy atom. The molecule has 19 heteroatoms. The maximum atomic E-state index is 8.25. The van der Waals surface area contributed by atoms with Gasteiger partial charge >= 0.3 is 22.4 Å². The van der Waals surface area contributed by atoms with Gasteiger partial charge in [0.05, 0.1) is 15.8 Å². The summed E-state index contributed by atoms with van der Waals surface area (Å²) in [6, 6.07) is 131. The normalized spacial score (nSPS) is 10.3. The van der Waals surface area contributed by atoms with Gasteiger partial charge in [0.2, 0.25) is 0 Å².